The van der Waals surface area contributed by atoms with Crippen LogP contribution in [0.2, 0.25) is 0 Å². The van der Waals surface area contributed by atoms with Gasteiger partial charge in [-0.05, 0) is 25.3 Å². The third-order valence-electron chi connectivity index (χ3n) is 3.00. The van der Waals surface area contributed by atoms with Gasteiger partial charge < -0.3 is 15.7 Å². The summed E-state index contributed by atoms with van der Waals surface area (Å²) in [7, 11) is 0. The second-order valence-corrected chi connectivity index (χ2v) is 4.34. The van der Waals surface area contributed by atoms with Crippen molar-refractivity contribution >= 4 is 5.91 Å². The smallest absolute Gasteiger partial charge is 0.255 e. The van der Waals surface area contributed by atoms with Gasteiger partial charge in [-0.1, -0.05) is 13.3 Å². The molecule has 0 spiro atoms. The minimum Gasteiger partial charge on any atom is -0.395 e. The fourth-order valence-corrected chi connectivity index (χ4v) is 1.88. The Morgan fingerprint density at radius 1 is 1.39 bits per heavy atom. The number of rotatable bonds is 10. The molecule has 0 bridgehead atoms. The highest BCUT2D eigenvalue weighted by Gasteiger charge is 2.18. The van der Waals surface area contributed by atoms with Gasteiger partial charge in [0.05, 0.1) is 13.2 Å². The summed E-state index contributed by atoms with van der Waals surface area (Å²) in [5.74, 6) is 0.0429. The summed E-state index contributed by atoms with van der Waals surface area (Å²) in [5, 5.41) is 8.75. The van der Waals surface area contributed by atoms with Crippen LogP contribution in [0.15, 0.2) is 0 Å². The zero-order valence-electron chi connectivity index (χ0n) is 10.9. The van der Waals surface area contributed by atoms with Gasteiger partial charge in [0.2, 0.25) is 5.91 Å². The lowest BCUT2D eigenvalue weighted by Gasteiger charge is -2.22. The molecular formula is C12H24F2N2O2. The summed E-state index contributed by atoms with van der Waals surface area (Å²) in [4.78, 5) is 12.8. The maximum Gasteiger partial charge on any atom is 0.255 e. The average Bonchev–Trinajstić information content (AvgIpc) is 2.33. The van der Waals surface area contributed by atoms with Gasteiger partial charge in [0.15, 0.2) is 0 Å². The molecule has 4 nitrogen and oxygen atoms in total. The maximum absolute atomic E-state index is 12.3. The molecule has 0 aliphatic carbocycles. The molecule has 0 fully saturated rings. The minimum absolute atomic E-state index is 0.0309. The highest BCUT2D eigenvalue weighted by Crippen LogP contribution is 2.15. The van der Waals surface area contributed by atoms with E-state index in [0.29, 0.717) is 18.9 Å². The predicted octanol–water partition coefficient (Wildman–Crippen LogP) is 1.23. The molecule has 0 heterocycles. The van der Waals surface area contributed by atoms with Crippen LogP contribution in [-0.2, 0) is 4.79 Å². The highest BCUT2D eigenvalue weighted by molar-refractivity contribution is 5.76. The van der Waals surface area contributed by atoms with Crippen molar-refractivity contribution in [1.29, 1.82) is 0 Å². The van der Waals surface area contributed by atoms with Crippen LogP contribution >= 0.6 is 0 Å². The largest absolute Gasteiger partial charge is 0.395 e. The Labute approximate surface area is 107 Å². The number of nitrogens with two attached hydrogens (primary N) is 1. The molecule has 3 N–H and O–H groups in total. The van der Waals surface area contributed by atoms with E-state index in [-0.39, 0.29) is 25.5 Å². The normalized spacial score (nSPS) is 12.8. The van der Waals surface area contributed by atoms with Gasteiger partial charge in [-0.3, -0.25) is 4.79 Å². The molecule has 0 aromatic carbocycles. The van der Waals surface area contributed by atoms with E-state index in [9.17, 15) is 13.6 Å². The van der Waals surface area contributed by atoms with Crippen molar-refractivity contribution in [1.82, 2.24) is 4.90 Å². The Morgan fingerprint density at radius 2 is 2.06 bits per heavy atom. The SMILES string of the molecule is CCC(CCN)CCC(=O)N(CCO)CC(F)F. The highest BCUT2D eigenvalue weighted by atomic mass is 19.3. The van der Waals surface area contributed by atoms with Crippen LogP contribution in [0.3, 0.4) is 0 Å². The van der Waals surface area contributed by atoms with Crippen LogP contribution in [0.25, 0.3) is 0 Å². The molecule has 0 aromatic rings. The van der Waals surface area contributed by atoms with E-state index in [0.717, 1.165) is 17.7 Å². The number of hydrogen-bond acceptors (Lipinski definition) is 3. The number of alkyl halides is 2. The molecule has 1 amide bonds. The maximum atomic E-state index is 12.3. The van der Waals surface area contributed by atoms with Crippen molar-refractivity contribution in [3.05, 3.63) is 0 Å². The minimum atomic E-state index is -2.56. The first-order valence-electron chi connectivity index (χ1n) is 6.41. The molecule has 0 saturated heterocycles. The van der Waals surface area contributed by atoms with Crippen molar-refractivity contribution in [3.63, 3.8) is 0 Å². The van der Waals surface area contributed by atoms with Crippen molar-refractivity contribution < 1.29 is 18.7 Å². The number of hydrogen-bond donors (Lipinski definition) is 2. The monoisotopic (exact) mass is 266 g/mol. The summed E-state index contributed by atoms with van der Waals surface area (Å²) < 4.78 is 24.5. The van der Waals surface area contributed by atoms with E-state index in [4.69, 9.17) is 10.8 Å². The zero-order chi connectivity index (χ0) is 14.0. The van der Waals surface area contributed by atoms with Gasteiger partial charge in [0.1, 0.15) is 0 Å². The standard InChI is InChI=1S/C12H24F2N2O2/c1-2-10(5-6-15)3-4-12(18)16(7-8-17)9-11(13)14/h10-11,17H,2-9,15H2,1H3. The van der Waals surface area contributed by atoms with Crippen LogP contribution in [0.1, 0.15) is 32.6 Å². The molecule has 18 heavy (non-hydrogen) atoms. The zero-order valence-corrected chi connectivity index (χ0v) is 10.9. The fourth-order valence-electron chi connectivity index (χ4n) is 1.88. The lowest BCUT2D eigenvalue weighted by molar-refractivity contribution is -0.134. The predicted molar refractivity (Wildman–Crippen MR) is 66.4 cm³/mol. The number of aliphatic hydroxyl groups is 1. The van der Waals surface area contributed by atoms with E-state index in [1.165, 1.54) is 0 Å². The number of halogens is 2. The molecule has 0 rings (SSSR count). The first-order valence-corrected chi connectivity index (χ1v) is 6.41. The summed E-state index contributed by atoms with van der Waals surface area (Å²) in [5.41, 5.74) is 5.46. The molecule has 1 unspecified atom stereocenters. The average molecular weight is 266 g/mol. The third kappa shape index (κ3) is 7.55. The molecular weight excluding hydrogens is 242 g/mol. The molecule has 0 aromatic heterocycles. The molecule has 6 heteroatoms. The van der Waals surface area contributed by atoms with Gasteiger partial charge in [-0.2, -0.15) is 0 Å². The summed E-state index contributed by atoms with van der Waals surface area (Å²) in [6.45, 7) is 1.67. The van der Waals surface area contributed by atoms with Crippen LogP contribution < -0.4 is 5.73 Å². The van der Waals surface area contributed by atoms with Gasteiger partial charge in [-0.15, -0.1) is 0 Å². The van der Waals surface area contributed by atoms with Gasteiger partial charge >= 0.3 is 0 Å². The van der Waals surface area contributed by atoms with E-state index in [1.807, 2.05) is 6.92 Å². The van der Waals surface area contributed by atoms with Gasteiger partial charge in [-0.25, -0.2) is 8.78 Å². The van der Waals surface area contributed by atoms with E-state index in [2.05, 4.69) is 0 Å². The molecule has 108 valence electrons. The second kappa shape index (κ2) is 10.2. The van der Waals surface area contributed by atoms with E-state index in [1.54, 1.807) is 0 Å². The lowest BCUT2D eigenvalue weighted by atomic mass is 9.96. The number of nitrogens with zero attached hydrogens (tertiary/aromatic N) is 1. The lowest BCUT2D eigenvalue weighted by Crippen LogP contribution is -2.37. The van der Waals surface area contributed by atoms with Crippen LogP contribution in [0.5, 0.6) is 0 Å². The number of amides is 1. The summed E-state index contributed by atoms with van der Waals surface area (Å²) in [6.07, 6.45) is 0.118. The second-order valence-electron chi connectivity index (χ2n) is 4.34. The van der Waals surface area contributed by atoms with Gasteiger partial charge in [0.25, 0.3) is 6.43 Å². The molecule has 0 aliphatic heterocycles. The number of aliphatic hydroxyl groups excluding tert-OH is 1. The molecule has 0 radical (unpaired) electrons. The first-order chi connectivity index (χ1) is 8.54. The summed E-state index contributed by atoms with van der Waals surface area (Å²) >= 11 is 0. The number of carbonyl (C=O) groups is 1. The van der Waals surface area contributed by atoms with Crippen LogP contribution in [0.4, 0.5) is 8.78 Å². The fraction of sp³-hybridized carbons (Fsp3) is 0.917. The van der Waals surface area contributed by atoms with Crippen molar-refractivity contribution in [3.8, 4) is 0 Å². The van der Waals surface area contributed by atoms with Crippen molar-refractivity contribution in [2.45, 2.75) is 39.0 Å². The first kappa shape index (κ1) is 17.2. The Kier molecular flexibility index (Phi) is 9.77. The van der Waals surface area contributed by atoms with Gasteiger partial charge in [0, 0.05) is 13.0 Å². The Hall–Kier alpha value is -0.750. The van der Waals surface area contributed by atoms with E-state index < -0.39 is 13.0 Å². The molecule has 1 atom stereocenters. The van der Waals surface area contributed by atoms with Crippen molar-refractivity contribution in [2.75, 3.05) is 26.2 Å². The Balaban J connectivity index is 4.15. The topological polar surface area (TPSA) is 66.6 Å². The number of carbonyl (C=O) groups excluding carboxylic acids is 1. The third-order valence-corrected chi connectivity index (χ3v) is 3.00. The van der Waals surface area contributed by atoms with Crippen molar-refractivity contribution in [2.24, 2.45) is 11.7 Å². The molecule has 0 aliphatic rings. The van der Waals surface area contributed by atoms with Crippen LogP contribution in [-0.4, -0.2) is 48.6 Å². The quantitative estimate of drug-likeness (QED) is 0.625. The Morgan fingerprint density at radius 3 is 2.50 bits per heavy atom. The summed E-state index contributed by atoms with van der Waals surface area (Å²) in [6, 6.07) is 0. The Bertz CT molecular complexity index is 228. The van der Waals surface area contributed by atoms with Crippen LogP contribution in [0, 0.1) is 5.92 Å². The molecule has 0 saturated carbocycles. The van der Waals surface area contributed by atoms with E-state index >= 15 is 0 Å².